The molecule has 302 valence electrons. The molecule has 0 atom stereocenters. The van der Waals surface area contributed by atoms with Gasteiger partial charge in [-0.1, -0.05) is 172 Å². The number of rotatable bonds is 6. The summed E-state index contributed by atoms with van der Waals surface area (Å²) >= 11 is 0. The number of anilines is 3. The van der Waals surface area contributed by atoms with E-state index in [4.69, 9.17) is 8.83 Å². The maximum Gasteiger partial charge on any atom is 0.143 e. The Balaban J connectivity index is 0.920. The van der Waals surface area contributed by atoms with Crippen molar-refractivity contribution in [3.63, 3.8) is 0 Å². The summed E-state index contributed by atoms with van der Waals surface area (Å²) in [7, 11) is 0. The molecule has 10 aromatic carbocycles. The minimum absolute atomic E-state index is 0.0580. The van der Waals surface area contributed by atoms with Gasteiger partial charge in [-0.25, -0.2) is 0 Å². The van der Waals surface area contributed by atoms with Gasteiger partial charge in [-0.05, 0) is 110 Å². The van der Waals surface area contributed by atoms with Crippen LogP contribution in [0.1, 0.15) is 25.0 Å². The molecule has 64 heavy (non-hydrogen) atoms. The molecule has 2 aromatic heterocycles. The maximum absolute atomic E-state index is 6.75. The fourth-order valence-electron chi connectivity index (χ4n) is 10.6. The van der Waals surface area contributed by atoms with Gasteiger partial charge in [-0.15, -0.1) is 0 Å². The molecule has 0 spiro atoms. The lowest BCUT2D eigenvalue weighted by atomic mass is 9.82. The van der Waals surface area contributed by atoms with Crippen molar-refractivity contribution in [2.45, 2.75) is 19.3 Å². The van der Waals surface area contributed by atoms with Crippen LogP contribution in [0.15, 0.2) is 221 Å². The monoisotopic (exact) mass is 819 g/mol. The molecule has 2 heterocycles. The Bertz CT molecular complexity index is 3790. The molecule has 13 rings (SSSR count). The van der Waals surface area contributed by atoms with Gasteiger partial charge < -0.3 is 13.7 Å². The second-order valence-electron chi connectivity index (χ2n) is 17.6. The minimum atomic E-state index is -0.0580. The Morgan fingerprint density at radius 1 is 0.344 bits per heavy atom. The Morgan fingerprint density at radius 3 is 1.62 bits per heavy atom. The van der Waals surface area contributed by atoms with Gasteiger partial charge in [0.15, 0.2) is 0 Å². The van der Waals surface area contributed by atoms with Crippen molar-refractivity contribution < 1.29 is 8.83 Å². The van der Waals surface area contributed by atoms with Crippen molar-refractivity contribution >= 4 is 71.7 Å². The van der Waals surface area contributed by atoms with Gasteiger partial charge in [-0.3, -0.25) is 0 Å². The van der Waals surface area contributed by atoms with Gasteiger partial charge in [0, 0.05) is 55.0 Å². The molecule has 0 unspecified atom stereocenters. The molecule has 0 radical (unpaired) electrons. The van der Waals surface area contributed by atoms with Gasteiger partial charge in [-0.2, -0.15) is 0 Å². The van der Waals surface area contributed by atoms with Crippen LogP contribution in [0, 0.1) is 0 Å². The molecular weight excluding hydrogens is 779 g/mol. The summed E-state index contributed by atoms with van der Waals surface area (Å²) < 4.78 is 13.0. The van der Waals surface area contributed by atoms with E-state index in [0.717, 1.165) is 88.6 Å². The van der Waals surface area contributed by atoms with E-state index in [1.807, 2.05) is 12.1 Å². The number of fused-ring (bicyclic) bond motifs is 11. The molecule has 0 N–H and O–H groups in total. The maximum atomic E-state index is 6.75. The van der Waals surface area contributed by atoms with Crippen molar-refractivity contribution in [3.05, 3.63) is 223 Å². The van der Waals surface area contributed by atoms with Crippen molar-refractivity contribution in [1.29, 1.82) is 0 Å². The number of furan rings is 2. The quantitative estimate of drug-likeness (QED) is 0.167. The third-order valence-corrected chi connectivity index (χ3v) is 13.7. The first-order valence-electron chi connectivity index (χ1n) is 22.1. The lowest BCUT2D eigenvalue weighted by molar-refractivity contribution is 0.660. The zero-order valence-corrected chi connectivity index (χ0v) is 35.5. The van der Waals surface area contributed by atoms with Crippen LogP contribution in [0.2, 0.25) is 0 Å². The summed E-state index contributed by atoms with van der Waals surface area (Å²) in [5.41, 5.74) is 19.1. The molecule has 0 amide bonds. The van der Waals surface area contributed by atoms with Crippen LogP contribution in [0.3, 0.4) is 0 Å². The first-order chi connectivity index (χ1) is 31.5. The third kappa shape index (κ3) is 5.47. The normalized spacial score (nSPS) is 13.0. The average molecular weight is 820 g/mol. The van der Waals surface area contributed by atoms with Crippen LogP contribution in [0.4, 0.5) is 17.1 Å². The summed E-state index contributed by atoms with van der Waals surface area (Å²) in [6.07, 6.45) is 0. The van der Waals surface area contributed by atoms with E-state index in [2.05, 4.69) is 219 Å². The highest BCUT2D eigenvalue weighted by Crippen LogP contribution is 2.52. The topological polar surface area (TPSA) is 29.5 Å². The number of benzene rings is 10. The smallest absolute Gasteiger partial charge is 0.143 e. The summed E-state index contributed by atoms with van der Waals surface area (Å²) in [6.45, 7) is 4.69. The van der Waals surface area contributed by atoms with Gasteiger partial charge in [0.2, 0.25) is 0 Å². The highest BCUT2D eigenvalue weighted by Gasteiger charge is 2.36. The molecule has 12 aromatic rings. The summed E-state index contributed by atoms with van der Waals surface area (Å²) in [5.74, 6) is 0. The number of para-hydroxylation sites is 2. The Morgan fingerprint density at radius 2 is 0.859 bits per heavy atom. The van der Waals surface area contributed by atoms with E-state index in [9.17, 15) is 0 Å². The summed E-state index contributed by atoms with van der Waals surface area (Å²) in [5, 5.41) is 6.83. The predicted molar refractivity (Wildman–Crippen MR) is 267 cm³/mol. The molecule has 3 heteroatoms. The van der Waals surface area contributed by atoms with Gasteiger partial charge in [0.25, 0.3) is 0 Å². The second kappa shape index (κ2) is 13.9. The number of nitrogens with zero attached hydrogens (tertiary/aromatic N) is 1. The highest BCUT2D eigenvalue weighted by atomic mass is 16.3. The van der Waals surface area contributed by atoms with E-state index in [-0.39, 0.29) is 5.41 Å². The molecule has 1 aliphatic rings. The van der Waals surface area contributed by atoms with Crippen LogP contribution in [-0.4, -0.2) is 0 Å². The predicted octanol–water partition coefficient (Wildman–Crippen LogP) is 17.4. The molecule has 0 saturated carbocycles. The van der Waals surface area contributed by atoms with Crippen LogP contribution in [-0.2, 0) is 5.41 Å². The van der Waals surface area contributed by atoms with E-state index in [0.29, 0.717) is 0 Å². The SMILES string of the molecule is CC1(C)c2ccccc2-c2c(-c3ccc(N(c4ccc(-c5cccc6c5oc5c7ccccc7ccc65)cc4)c4ccc(-c5cccc6oc7ccccc7c56)cc4)cc3)cccc21. The molecule has 0 fully saturated rings. The fraction of sp³-hybridized carbons (Fsp3) is 0.0492. The summed E-state index contributed by atoms with van der Waals surface area (Å²) in [4.78, 5) is 2.35. The number of hydrogen-bond donors (Lipinski definition) is 0. The molecule has 3 nitrogen and oxygen atoms in total. The molecular formula is C61H41NO2. The third-order valence-electron chi connectivity index (χ3n) is 13.7. The highest BCUT2D eigenvalue weighted by molar-refractivity contribution is 6.17. The molecule has 0 aliphatic heterocycles. The Kier molecular flexibility index (Phi) is 7.95. The first kappa shape index (κ1) is 36.5. The second-order valence-corrected chi connectivity index (χ2v) is 17.6. The van der Waals surface area contributed by atoms with Crippen molar-refractivity contribution in [3.8, 4) is 44.5 Å². The molecule has 0 saturated heterocycles. The largest absolute Gasteiger partial charge is 0.456 e. The average Bonchev–Trinajstić information content (AvgIpc) is 4.00. The van der Waals surface area contributed by atoms with Crippen molar-refractivity contribution in [2.24, 2.45) is 0 Å². The lowest BCUT2D eigenvalue weighted by Gasteiger charge is -2.26. The van der Waals surface area contributed by atoms with Gasteiger partial charge in [0.1, 0.15) is 22.3 Å². The lowest BCUT2D eigenvalue weighted by Crippen LogP contribution is -2.14. The first-order valence-corrected chi connectivity index (χ1v) is 22.1. The Hall–Kier alpha value is -8.14. The van der Waals surface area contributed by atoms with Crippen LogP contribution in [0.5, 0.6) is 0 Å². The van der Waals surface area contributed by atoms with E-state index in [1.54, 1.807) is 0 Å². The Labute approximate surface area is 371 Å². The van der Waals surface area contributed by atoms with E-state index < -0.39 is 0 Å². The fourth-order valence-corrected chi connectivity index (χ4v) is 10.6. The van der Waals surface area contributed by atoms with E-state index >= 15 is 0 Å². The van der Waals surface area contributed by atoms with Crippen molar-refractivity contribution in [2.75, 3.05) is 4.90 Å². The standard InChI is InChI=1S/C61H41NO2/c1-61(2)53-20-7-5-14-51(53)57-45(16-10-21-54(57)61)39-24-31-42(32-25-39)62(43-33-26-40(27-34-43)46-17-11-23-56-58(46)52-15-6-8-22-55(52)63-56)44-35-28-41(29-36-44)48-18-9-19-49-50-37-30-38-12-3-4-13-47(38)60(50)64-59(48)49/h3-37H,1-2H3. The van der Waals surface area contributed by atoms with Crippen LogP contribution in [0.25, 0.3) is 99.2 Å². The number of hydrogen-bond acceptors (Lipinski definition) is 3. The minimum Gasteiger partial charge on any atom is -0.456 e. The molecule has 0 bridgehead atoms. The zero-order chi connectivity index (χ0) is 42.5. The van der Waals surface area contributed by atoms with Gasteiger partial charge >= 0.3 is 0 Å². The summed E-state index contributed by atoms with van der Waals surface area (Å²) in [6, 6.07) is 76.6. The van der Waals surface area contributed by atoms with Gasteiger partial charge in [0.05, 0.1) is 0 Å². The van der Waals surface area contributed by atoms with Crippen LogP contribution >= 0.6 is 0 Å². The van der Waals surface area contributed by atoms with E-state index in [1.165, 1.54) is 38.8 Å². The zero-order valence-electron chi connectivity index (χ0n) is 35.5. The van der Waals surface area contributed by atoms with Crippen molar-refractivity contribution in [1.82, 2.24) is 0 Å². The van der Waals surface area contributed by atoms with Crippen LogP contribution < -0.4 is 4.90 Å². The molecule has 1 aliphatic carbocycles.